The van der Waals surface area contributed by atoms with Crippen molar-refractivity contribution in [1.82, 2.24) is 14.8 Å². The second-order valence-corrected chi connectivity index (χ2v) is 7.62. The Hall–Kier alpha value is -2.58. The van der Waals surface area contributed by atoms with E-state index in [-0.39, 0.29) is 16.8 Å². The van der Waals surface area contributed by atoms with Gasteiger partial charge >= 0.3 is 0 Å². The van der Waals surface area contributed by atoms with E-state index in [0.29, 0.717) is 10.7 Å². The lowest BCUT2D eigenvalue weighted by Crippen LogP contribution is -2.02. The van der Waals surface area contributed by atoms with Crippen LogP contribution in [0.5, 0.6) is 0 Å². The second-order valence-electron chi connectivity index (χ2n) is 5.20. The molecule has 0 saturated carbocycles. The predicted molar refractivity (Wildman–Crippen MR) is 93.7 cm³/mol. The van der Waals surface area contributed by atoms with Crippen LogP contribution < -0.4 is 11.5 Å². The van der Waals surface area contributed by atoms with Gasteiger partial charge in [0.2, 0.25) is 11.9 Å². The lowest BCUT2D eigenvalue weighted by molar-refractivity contribution is 0.602. The summed E-state index contributed by atoms with van der Waals surface area (Å²) in [6.45, 7) is 0. The number of aromatic nitrogens is 3. The zero-order valence-corrected chi connectivity index (χ0v) is 14.2. The van der Waals surface area contributed by atoms with Crippen molar-refractivity contribution < 1.29 is 8.42 Å². The summed E-state index contributed by atoms with van der Waals surface area (Å²) < 4.78 is 24.4. The van der Waals surface area contributed by atoms with E-state index >= 15 is 0 Å². The highest BCUT2D eigenvalue weighted by molar-refractivity contribution is 7.90. The highest BCUT2D eigenvalue weighted by atomic mass is 35.5. The molecule has 0 atom stereocenters. The lowest BCUT2D eigenvalue weighted by atomic mass is 10.1. The van der Waals surface area contributed by atoms with Crippen molar-refractivity contribution in [3.05, 3.63) is 47.5 Å². The summed E-state index contributed by atoms with van der Waals surface area (Å²) in [5.74, 6) is 0.234. The van der Waals surface area contributed by atoms with Gasteiger partial charge in [0, 0.05) is 11.8 Å². The maximum Gasteiger partial charge on any atom is 0.241 e. The fraction of sp³-hybridized carbons (Fsp3) is 0.0667. The molecule has 0 saturated heterocycles. The number of nitrogen functional groups attached to an aromatic ring is 2. The first kappa shape index (κ1) is 16.3. The van der Waals surface area contributed by atoms with Crippen LogP contribution in [0.15, 0.2) is 47.4 Å². The molecule has 2 aromatic carbocycles. The van der Waals surface area contributed by atoms with Crippen LogP contribution in [0.25, 0.3) is 16.8 Å². The van der Waals surface area contributed by atoms with Gasteiger partial charge in [-0.05, 0) is 29.8 Å². The normalized spacial score (nSPS) is 11.6. The Morgan fingerprint density at radius 2 is 1.75 bits per heavy atom. The molecule has 0 fully saturated rings. The van der Waals surface area contributed by atoms with E-state index in [1.165, 1.54) is 4.68 Å². The van der Waals surface area contributed by atoms with Crippen molar-refractivity contribution >= 4 is 33.3 Å². The van der Waals surface area contributed by atoms with Crippen LogP contribution in [0, 0.1) is 0 Å². The Kier molecular flexibility index (Phi) is 3.94. The van der Waals surface area contributed by atoms with Gasteiger partial charge in [0.1, 0.15) is 0 Å². The van der Waals surface area contributed by atoms with Gasteiger partial charge in [0.05, 0.1) is 15.6 Å². The Balaban J connectivity index is 2.00. The largest absolute Gasteiger partial charge is 0.368 e. The number of rotatable bonds is 3. The third-order valence-corrected chi connectivity index (χ3v) is 4.88. The summed E-state index contributed by atoms with van der Waals surface area (Å²) in [6, 6.07) is 11.8. The molecule has 0 radical (unpaired) electrons. The van der Waals surface area contributed by atoms with E-state index in [1.807, 2.05) is 0 Å². The van der Waals surface area contributed by atoms with E-state index in [1.54, 1.807) is 42.5 Å². The van der Waals surface area contributed by atoms with Crippen molar-refractivity contribution in [3.63, 3.8) is 0 Å². The molecule has 0 bridgehead atoms. The topological polar surface area (TPSA) is 117 Å². The van der Waals surface area contributed by atoms with Gasteiger partial charge in [-0.2, -0.15) is 9.67 Å². The van der Waals surface area contributed by atoms with Crippen molar-refractivity contribution in [1.29, 1.82) is 0 Å². The molecule has 3 rings (SSSR count). The number of nitrogens with two attached hydrogens (primary N) is 2. The zero-order chi connectivity index (χ0) is 17.5. The van der Waals surface area contributed by atoms with Crippen molar-refractivity contribution in [2.75, 3.05) is 17.7 Å². The number of benzene rings is 2. The molecule has 1 heterocycles. The monoisotopic (exact) mass is 363 g/mol. The minimum Gasteiger partial charge on any atom is -0.368 e. The minimum absolute atomic E-state index is 0.0732. The molecule has 3 aromatic rings. The first-order valence-corrected chi connectivity index (χ1v) is 9.11. The molecule has 124 valence electrons. The van der Waals surface area contributed by atoms with Crippen LogP contribution in [0.4, 0.5) is 11.9 Å². The molecule has 0 aliphatic heterocycles. The molecule has 0 aliphatic carbocycles. The summed E-state index contributed by atoms with van der Waals surface area (Å²) in [7, 11) is -3.23. The Morgan fingerprint density at radius 1 is 1.08 bits per heavy atom. The maximum atomic E-state index is 11.5. The Labute approximate surface area is 143 Å². The summed E-state index contributed by atoms with van der Waals surface area (Å²) in [5.41, 5.74) is 13.4. The third-order valence-electron chi connectivity index (χ3n) is 3.44. The SMILES string of the molecule is CS(=O)(=O)c1ccc(-c2ccc(-n3nc(N)nc3N)cc2Cl)cc1. The summed E-state index contributed by atoms with van der Waals surface area (Å²) in [5, 5.41) is 4.46. The van der Waals surface area contributed by atoms with Crippen molar-refractivity contribution in [3.8, 4) is 16.8 Å². The summed E-state index contributed by atoms with van der Waals surface area (Å²) >= 11 is 6.35. The van der Waals surface area contributed by atoms with Crippen LogP contribution >= 0.6 is 11.6 Å². The number of nitrogens with zero attached hydrogens (tertiary/aromatic N) is 3. The van der Waals surface area contributed by atoms with Crippen LogP contribution in [-0.4, -0.2) is 29.4 Å². The number of hydrogen-bond donors (Lipinski definition) is 2. The van der Waals surface area contributed by atoms with Gasteiger partial charge in [-0.15, -0.1) is 5.10 Å². The average Bonchev–Trinajstić information content (AvgIpc) is 2.85. The molecular formula is C15H14ClN5O2S. The fourth-order valence-corrected chi connectivity index (χ4v) is 3.20. The highest BCUT2D eigenvalue weighted by Gasteiger charge is 2.11. The minimum atomic E-state index is -3.23. The van der Waals surface area contributed by atoms with Crippen LogP contribution in [-0.2, 0) is 9.84 Å². The van der Waals surface area contributed by atoms with Gasteiger partial charge in [-0.25, -0.2) is 8.42 Å². The van der Waals surface area contributed by atoms with E-state index < -0.39 is 9.84 Å². The predicted octanol–water partition coefficient (Wildman–Crippen LogP) is 2.16. The molecule has 7 nitrogen and oxygen atoms in total. The first-order valence-electron chi connectivity index (χ1n) is 6.84. The number of sulfone groups is 1. The molecule has 0 amide bonds. The molecule has 1 aromatic heterocycles. The summed E-state index contributed by atoms with van der Waals surface area (Å²) in [6.07, 6.45) is 1.16. The number of hydrogen-bond acceptors (Lipinski definition) is 6. The Bertz CT molecular complexity index is 1010. The Morgan fingerprint density at radius 3 is 2.25 bits per heavy atom. The summed E-state index contributed by atoms with van der Waals surface area (Å²) in [4.78, 5) is 4.09. The van der Waals surface area contributed by atoms with Crippen LogP contribution in [0.2, 0.25) is 5.02 Å². The zero-order valence-electron chi connectivity index (χ0n) is 12.6. The van der Waals surface area contributed by atoms with Gasteiger partial charge in [0.25, 0.3) is 0 Å². The average molecular weight is 364 g/mol. The number of anilines is 2. The van der Waals surface area contributed by atoms with E-state index in [2.05, 4.69) is 10.1 Å². The quantitative estimate of drug-likeness (QED) is 0.736. The van der Waals surface area contributed by atoms with Gasteiger partial charge in [-0.3, -0.25) is 0 Å². The molecule has 0 spiro atoms. The second kappa shape index (κ2) is 5.81. The van der Waals surface area contributed by atoms with Crippen LogP contribution in [0.1, 0.15) is 0 Å². The standard InChI is InChI=1S/C15H14ClN5O2S/c1-24(22,23)11-5-2-9(3-6-11)12-7-4-10(8-13(12)16)21-15(18)19-14(17)20-21/h2-8H,1H3,(H4,17,18,19,20). The maximum absolute atomic E-state index is 11.5. The van der Waals surface area contributed by atoms with Crippen molar-refractivity contribution in [2.24, 2.45) is 0 Å². The molecular weight excluding hydrogens is 350 g/mol. The molecule has 4 N–H and O–H groups in total. The first-order chi connectivity index (χ1) is 11.3. The smallest absolute Gasteiger partial charge is 0.241 e. The van der Waals surface area contributed by atoms with Crippen LogP contribution in [0.3, 0.4) is 0 Å². The highest BCUT2D eigenvalue weighted by Crippen LogP contribution is 2.31. The van der Waals surface area contributed by atoms with Crippen molar-refractivity contribution in [2.45, 2.75) is 4.90 Å². The molecule has 0 aliphatic rings. The number of halogens is 1. The molecule has 24 heavy (non-hydrogen) atoms. The van der Waals surface area contributed by atoms with Gasteiger partial charge in [0.15, 0.2) is 9.84 Å². The third kappa shape index (κ3) is 3.06. The van der Waals surface area contributed by atoms with E-state index in [9.17, 15) is 8.42 Å². The molecule has 0 unspecified atom stereocenters. The molecule has 9 heteroatoms. The van der Waals surface area contributed by atoms with Gasteiger partial charge < -0.3 is 11.5 Å². The van der Waals surface area contributed by atoms with Gasteiger partial charge in [-0.1, -0.05) is 29.8 Å². The van der Waals surface area contributed by atoms with E-state index in [4.69, 9.17) is 23.1 Å². The van der Waals surface area contributed by atoms with E-state index in [0.717, 1.165) is 17.4 Å². The fourth-order valence-electron chi connectivity index (χ4n) is 2.28. The lowest BCUT2D eigenvalue weighted by Gasteiger charge is -2.09.